The van der Waals surface area contributed by atoms with Gasteiger partial charge >= 0.3 is 5.97 Å². The zero-order valence-corrected chi connectivity index (χ0v) is 12.2. The van der Waals surface area contributed by atoms with E-state index in [1.165, 1.54) is 24.3 Å². The summed E-state index contributed by atoms with van der Waals surface area (Å²) in [7, 11) is 0. The van der Waals surface area contributed by atoms with Crippen LogP contribution in [0.4, 0.5) is 5.69 Å². The third kappa shape index (κ3) is 5.84. The number of rotatable bonds is 7. The molecule has 0 heterocycles. The topological polar surface area (TPSA) is 134 Å². The van der Waals surface area contributed by atoms with Crippen LogP contribution in [0, 0.1) is 21.4 Å². The second-order valence-electron chi connectivity index (χ2n) is 4.18. The first kappa shape index (κ1) is 17.6. The first-order chi connectivity index (χ1) is 11.0. The van der Waals surface area contributed by atoms with Gasteiger partial charge in [-0.1, -0.05) is 12.1 Å². The number of nitrogens with zero attached hydrogens (tertiary/aromatic N) is 2. The number of nitriles is 1. The molecule has 0 spiro atoms. The summed E-state index contributed by atoms with van der Waals surface area (Å²) in [6.45, 7) is 1.73. The Morgan fingerprint density at radius 3 is 2.57 bits per heavy atom. The molecule has 0 aliphatic heterocycles. The van der Waals surface area contributed by atoms with Crippen molar-refractivity contribution in [2.45, 2.75) is 13.3 Å². The Labute approximate surface area is 131 Å². The minimum absolute atomic E-state index is 0.0277. The predicted molar refractivity (Wildman–Crippen MR) is 78.4 cm³/mol. The third-order valence-electron chi connectivity index (χ3n) is 2.56. The van der Waals surface area contributed by atoms with E-state index in [0.29, 0.717) is 5.56 Å². The Kier molecular flexibility index (Phi) is 6.74. The summed E-state index contributed by atoms with van der Waals surface area (Å²) in [6, 6.07) is 7.16. The van der Waals surface area contributed by atoms with Gasteiger partial charge in [-0.25, -0.2) is 4.79 Å². The highest BCUT2D eigenvalue weighted by Gasteiger charge is 2.10. The average Bonchev–Trinajstić information content (AvgIpc) is 2.52. The lowest BCUT2D eigenvalue weighted by atomic mass is 10.1. The van der Waals surface area contributed by atoms with E-state index < -0.39 is 16.8 Å². The highest BCUT2D eigenvalue weighted by atomic mass is 16.6. The molecule has 0 fully saturated rings. The number of nitro groups is 1. The summed E-state index contributed by atoms with van der Waals surface area (Å²) >= 11 is 0. The number of carbonyl (C=O) groups excluding carboxylic acids is 2. The van der Waals surface area contributed by atoms with E-state index in [0.717, 1.165) is 6.20 Å². The number of nitrogens with one attached hydrogen (secondary N) is 2. The van der Waals surface area contributed by atoms with Crippen molar-refractivity contribution in [1.82, 2.24) is 10.9 Å². The Balaban J connectivity index is 2.52. The molecule has 0 aliphatic rings. The van der Waals surface area contributed by atoms with Crippen LogP contribution in [0.1, 0.15) is 12.5 Å². The summed E-state index contributed by atoms with van der Waals surface area (Å²) in [5.41, 5.74) is 4.82. The van der Waals surface area contributed by atoms with Gasteiger partial charge in [-0.3, -0.25) is 20.3 Å². The maximum atomic E-state index is 11.7. The number of benzene rings is 1. The number of hydrazine groups is 1. The standard InChI is InChI=1S/C14H14N4O5/c1-2-23-14(20)11(8-15)9-16-17-13(19)7-10-3-5-12(6-4-10)18(21)22/h3-6,9,16H,2,7H2,1H3,(H,17,19). The van der Waals surface area contributed by atoms with Crippen LogP contribution in [0.3, 0.4) is 0 Å². The van der Waals surface area contributed by atoms with E-state index in [-0.39, 0.29) is 24.3 Å². The second kappa shape index (κ2) is 8.78. The fourth-order valence-electron chi connectivity index (χ4n) is 1.50. The maximum Gasteiger partial charge on any atom is 0.350 e. The monoisotopic (exact) mass is 318 g/mol. The van der Waals surface area contributed by atoms with Gasteiger partial charge in [-0.2, -0.15) is 5.26 Å². The second-order valence-corrected chi connectivity index (χ2v) is 4.18. The maximum absolute atomic E-state index is 11.7. The molecule has 0 unspecified atom stereocenters. The van der Waals surface area contributed by atoms with E-state index in [1.54, 1.807) is 13.0 Å². The minimum Gasteiger partial charge on any atom is -0.462 e. The van der Waals surface area contributed by atoms with Gasteiger partial charge in [0.05, 0.1) is 18.0 Å². The molecule has 2 N–H and O–H groups in total. The van der Waals surface area contributed by atoms with Gasteiger partial charge in [0.25, 0.3) is 5.69 Å². The molecule has 23 heavy (non-hydrogen) atoms. The number of esters is 1. The van der Waals surface area contributed by atoms with Crippen LogP contribution in [0.15, 0.2) is 36.0 Å². The van der Waals surface area contributed by atoms with Crippen molar-refractivity contribution in [3.63, 3.8) is 0 Å². The van der Waals surface area contributed by atoms with Crippen LogP contribution in [-0.2, 0) is 20.7 Å². The van der Waals surface area contributed by atoms with Crippen LogP contribution in [0.5, 0.6) is 0 Å². The number of hydrogen-bond acceptors (Lipinski definition) is 7. The summed E-state index contributed by atoms with van der Waals surface area (Å²) in [5, 5.41) is 19.3. The molecule has 0 aliphatic carbocycles. The van der Waals surface area contributed by atoms with Crippen molar-refractivity contribution in [3.8, 4) is 6.07 Å². The molecule has 1 rings (SSSR count). The first-order valence-corrected chi connectivity index (χ1v) is 6.53. The van der Waals surface area contributed by atoms with Crippen molar-refractivity contribution < 1.29 is 19.2 Å². The van der Waals surface area contributed by atoms with E-state index in [4.69, 9.17) is 5.26 Å². The van der Waals surface area contributed by atoms with Crippen LogP contribution >= 0.6 is 0 Å². The van der Waals surface area contributed by atoms with Crippen LogP contribution in [-0.4, -0.2) is 23.4 Å². The highest BCUT2D eigenvalue weighted by Crippen LogP contribution is 2.12. The number of hydrogen-bond donors (Lipinski definition) is 2. The van der Waals surface area contributed by atoms with E-state index in [9.17, 15) is 19.7 Å². The molecule has 1 amide bonds. The van der Waals surface area contributed by atoms with Crippen LogP contribution < -0.4 is 10.9 Å². The van der Waals surface area contributed by atoms with Gasteiger partial charge in [-0.15, -0.1) is 0 Å². The summed E-state index contributed by atoms with van der Waals surface area (Å²) in [5.74, 6) is -1.25. The molecule has 9 heteroatoms. The molecule has 0 saturated heterocycles. The molecule has 9 nitrogen and oxygen atoms in total. The van der Waals surface area contributed by atoms with Gasteiger partial charge in [-0.05, 0) is 12.5 Å². The van der Waals surface area contributed by atoms with Gasteiger partial charge in [0, 0.05) is 18.3 Å². The third-order valence-corrected chi connectivity index (χ3v) is 2.56. The predicted octanol–water partition coefficient (Wildman–Crippen LogP) is 0.729. The molecule has 120 valence electrons. The lowest BCUT2D eigenvalue weighted by Crippen LogP contribution is -2.35. The van der Waals surface area contributed by atoms with E-state index >= 15 is 0 Å². The Hall–Kier alpha value is -3.41. The van der Waals surface area contributed by atoms with Gasteiger partial charge in [0.1, 0.15) is 6.07 Å². The number of amides is 1. The fourth-order valence-corrected chi connectivity index (χ4v) is 1.50. The number of carbonyl (C=O) groups is 2. The molecule has 0 saturated carbocycles. The SMILES string of the molecule is CCOC(=O)C(C#N)=CNNC(=O)Cc1ccc([N+](=O)[O-])cc1. The van der Waals surface area contributed by atoms with Crippen molar-refractivity contribution in [2.24, 2.45) is 0 Å². The summed E-state index contributed by atoms with van der Waals surface area (Å²) in [4.78, 5) is 33.0. The zero-order valence-electron chi connectivity index (χ0n) is 12.2. The molecule has 0 radical (unpaired) electrons. The lowest BCUT2D eigenvalue weighted by Gasteiger charge is -2.05. The summed E-state index contributed by atoms with van der Waals surface area (Å²) < 4.78 is 4.64. The zero-order chi connectivity index (χ0) is 17.2. The molecule has 0 atom stereocenters. The molecule has 1 aromatic rings. The largest absolute Gasteiger partial charge is 0.462 e. The van der Waals surface area contributed by atoms with Crippen molar-refractivity contribution in [1.29, 1.82) is 5.26 Å². The normalized spacial score (nSPS) is 10.3. The van der Waals surface area contributed by atoms with Crippen molar-refractivity contribution >= 4 is 17.6 Å². The first-order valence-electron chi connectivity index (χ1n) is 6.53. The fraction of sp³-hybridized carbons (Fsp3) is 0.214. The van der Waals surface area contributed by atoms with Crippen LogP contribution in [0.25, 0.3) is 0 Å². The van der Waals surface area contributed by atoms with Gasteiger partial charge in [0.15, 0.2) is 5.57 Å². The van der Waals surface area contributed by atoms with Crippen molar-refractivity contribution in [3.05, 3.63) is 51.7 Å². The molecule has 0 aromatic heterocycles. The smallest absolute Gasteiger partial charge is 0.350 e. The Morgan fingerprint density at radius 1 is 1.39 bits per heavy atom. The van der Waals surface area contributed by atoms with Crippen LogP contribution in [0.2, 0.25) is 0 Å². The van der Waals surface area contributed by atoms with E-state index in [2.05, 4.69) is 15.6 Å². The molecular weight excluding hydrogens is 304 g/mol. The van der Waals surface area contributed by atoms with E-state index in [1.807, 2.05) is 0 Å². The minimum atomic E-state index is -0.799. The number of nitro benzene ring substituents is 1. The molecule has 1 aromatic carbocycles. The van der Waals surface area contributed by atoms with Gasteiger partial charge < -0.3 is 10.2 Å². The summed E-state index contributed by atoms with van der Waals surface area (Å²) in [6.07, 6.45) is 0.992. The molecule has 0 bridgehead atoms. The lowest BCUT2D eigenvalue weighted by molar-refractivity contribution is -0.384. The van der Waals surface area contributed by atoms with Gasteiger partial charge in [0.2, 0.25) is 5.91 Å². The average molecular weight is 318 g/mol. The Morgan fingerprint density at radius 2 is 2.04 bits per heavy atom. The molecular formula is C14H14N4O5. The van der Waals surface area contributed by atoms with Crippen molar-refractivity contribution in [2.75, 3.05) is 6.61 Å². The Bertz CT molecular complexity index is 661. The number of ether oxygens (including phenoxy) is 1. The quantitative estimate of drug-likeness (QED) is 0.249. The number of non-ortho nitro benzene ring substituents is 1. The highest BCUT2D eigenvalue weighted by molar-refractivity contribution is 5.92.